The lowest BCUT2D eigenvalue weighted by molar-refractivity contribution is -0.134. The Hall–Kier alpha value is -2.67. The number of carbonyl (C=O) groups is 3. The first-order chi connectivity index (χ1) is 13.3. The zero-order valence-electron chi connectivity index (χ0n) is 16.3. The third-order valence-electron chi connectivity index (χ3n) is 4.54. The Morgan fingerprint density at radius 3 is 2.71 bits per heavy atom. The highest BCUT2D eigenvalue weighted by Gasteiger charge is 2.41. The van der Waals surface area contributed by atoms with Gasteiger partial charge >= 0.3 is 0 Å². The van der Waals surface area contributed by atoms with Crippen LogP contribution in [0.3, 0.4) is 0 Å². The molecule has 0 fully saturated rings. The normalized spacial score (nSPS) is 15.0. The van der Waals surface area contributed by atoms with E-state index >= 15 is 0 Å². The first-order valence-electron chi connectivity index (χ1n) is 9.33. The fourth-order valence-corrected chi connectivity index (χ4v) is 3.71. The van der Waals surface area contributed by atoms with Crippen LogP contribution in [0.15, 0.2) is 35.7 Å². The lowest BCUT2D eigenvalue weighted by Gasteiger charge is -2.38. The smallest absolute Gasteiger partial charge is 0.271 e. The highest BCUT2D eigenvalue weighted by Crippen LogP contribution is 2.38. The number of fused-ring (bicyclic) bond motifs is 1. The molecule has 2 aromatic rings. The van der Waals surface area contributed by atoms with Gasteiger partial charge < -0.3 is 10.1 Å². The topological polar surface area (TPSA) is 75.7 Å². The van der Waals surface area contributed by atoms with Crippen molar-refractivity contribution in [2.45, 2.75) is 39.2 Å². The predicted octanol–water partition coefficient (Wildman–Crippen LogP) is 3.40. The molecule has 1 aliphatic rings. The van der Waals surface area contributed by atoms with Crippen molar-refractivity contribution in [2.24, 2.45) is 0 Å². The number of nitrogens with one attached hydrogen (secondary N) is 1. The van der Waals surface area contributed by atoms with Crippen molar-refractivity contribution >= 4 is 34.6 Å². The van der Waals surface area contributed by atoms with Crippen molar-refractivity contribution < 1.29 is 19.1 Å². The molecule has 7 heteroatoms. The molecule has 3 rings (SSSR count). The number of unbranched alkanes of at least 4 members (excludes halogenated alkanes) is 1. The molecule has 1 aliphatic heterocycles. The standard InChI is InChI=1S/C21H24N2O4S/c1-4-5-10-22-18(24)13-23-15-12-14(19(25)17-7-6-11-28-17)8-9-16(15)27-21(2,3)20(23)26/h6-9,11-12H,4-5,10,13H2,1-3H3,(H,22,24). The first-order valence-corrected chi connectivity index (χ1v) is 10.2. The molecule has 0 bridgehead atoms. The van der Waals surface area contributed by atoms with Crippen molar-refractivity contribution in [3.05, 3.63) is 46.2 Å². The van der Waals surface area contributed by atoms with E-state index in [4.69, 9.17) is 4.74 Å². The number of ketones is 1. The van der Waals surface area contributed by atoms with E-state index in [1.807, 2.05) is 18.4 Å². The van der Waals surface area contributed by atoms with Crippen LogP contribution in [0.25, 0.3) is 0 Å². The Kier molecular flexibility index (Phi) is 5.84. The summed E-state index contributed by atoms with van der Waals surface area (Å²) in [6, 6.07) is 8.58. The van der Waals surface area contributed by atoms with Crippen LogP contribution in [0, 0.1) is 0 Å². The van der Waals surface area contributed by atoms with Crippen LogP contribution in [-0.2, 0) is 9.59 Å². The van der Waals surface area contributed by atoms with Gasteiger partial charge in [0.2, 0.25) is 11.7 Å². The second-order valence-corrected chi connectivity index (χ2v) is 8.14. The van der Waals surface area contributed by atoms with Gasteiger partial charge in [-0.25, -0.2) is 0 Å². The van der Waals surface area contributed by atoms with Crippen LogP contribution in [0.1, 0.15) is 48.8 Å². The van der Waals surface area contributed by atoms with E-state index < -0.39 is 5.60 Å². The van der Waals surface area contributed by atoms with Crippen LogP contribution in [0.5, 0.6) is 5.75 Å². The molecule has 0 saturated carbocycles. The number of hydrogen-bond donors (Lipinski definition) is 1. The lowest BCUT2D eigenvalue weighted by Crippen LogP contribution is -2.55. The Bertz CT molecular complexity index is 890. The van der Waals surface area contributed by atoms with Gasteiger partial charge in [-0.2, -0.15) is 0 Å². The van der Waals surface area contributed by atoms with Crippen molar-refractivity contribution in [3.63, 3.8) is 0 Å². The summed E-state index contributed by atoms with van der Waals surface area (Å²) in [6.07, 6.45) is 1.85. The minimum Gasteiger partial charge on any atom is -0.476 e. The minimum atomic E-state index is -1.09. The molecule has 28 heavy (non-hydrogen) atoms. The molecule has 0 radical (unpaired) electrons. The highest BCUT2D eigenvalue weighted by atomic mass is 32.1. The van der Waals surface area contributed by atoms with Gasteiger partial charge in [0, 0.05) is 12.1 Å². The number of anilines is 1. The average Bonchev–Trinajstić information content (AvgIpc) is 3.19. The highest BCUT2D eigenvalue weighted by molar-refractivity contribution is 7.12. The zero-order chi connectivity index (χ0) is 20.3. The van der Waals surface area contributed by atoms with Gasteiger partial charge in [-0.3, -0.25) is 19.3 Å². The van der Waals surface area contributed by atoms with Crippen LogP contribution in [-0.4, -0.2) is 36.3 Å². The van der Waals surface area contributed by atoms with Crippen molar-refractivity contribution in [2.75, 3.05) is 18.0 Å². The molecule has 0 spiro atoms. The largest absolute Gasteiger partial charge is 0.476 e. The number of rotatable bonds is 7. The molecule has 0 saturated heterocycles. The van der Waals surface area contributed by atoms with Crippen LogP contribution < -0.4 is 15.0 Å². The summed E-state index contributed by atoms with van der Waals surface area (Å²) in [5.74, 6) is -0.192. The third kappa shape index (κ3) is 4.09. The third-order valence-corrected chi connectivity index (χ3v) is 5.41. The Morgan fingerprint density at radius 1 is 1.25 bits per heavy atom. The Labute approximate surface area is 168 Å². The maximum absolute atomic E-state index is 12.9. The molecule has 2 amide bonds. The fraction of sp³-hybridized carbons (Fsp3) is 0.381. The summed E-state index contributed by atoms with van der Waals surface area (Å²) >= 11 is 1.36. The number of hydrogen-bond acceptors (Lipinski definition) is 5. The van der Waals surface area contributed by atoms with Crippen LogP contribution in [0.2, 0.25) is 0 Å². The second-order valence-electron chi connectivity index (χ2n) is 7.20. The molecular weight excluding hydrogens is 376 g/mol. The van der Waals surface area contributed by atoms with Gasteiger partial charge in [0.05, 0.1) is 10.6 Å². The molecular formula is C21H24N2O4S. The first kappa shape index (κ1) is 20.1. The zero-order valence-corrected chi connectivity index (χ0v) is 17.1. The molecule has 2 heterocycles. The molecule has 1 aromatic heterocycles. The SMILES string of the molecule is CCCCNC(=O)CN1C(=O)C(C)(C)Oc2ccc(C(=O)c3cccs3)cc21. The van der Waals surface area contributed by atoms with E-state index in [0.717, 1.165) is 12.8 Å². The average molecular weight is 401 g/mol. The van der Waals surface area contributed by atoms with E-state index in [-0.39, 0.29) is 24.1 Å². The monoisotopic (exact) mass is 400 g/mol. The number of benzene rings is 1. The summed E-state index contributed by atoms with van der Waals surface area (Å²) in [6.45, 7) is 5.85. The Morgan fingerprint density at radius 2 is 2.04 bits per heavy atom. The molecule has 148 valence electrons. The maximum Gasteiger partial charge on any atom is 0.271 e. The van der Waals surface area contributed by atoms with Gasteiger partial charge in [0.25, 0.3) is 5.91 Å². The van der Waals surface area contributed by atoms with Crippen molar-refractivity contribution in [1.29, 1.82) is 0 Å². The van der Waals surface area contributed by atoms with Crippen molar-refractivity contribution in [3.8, 4) is 5.75 Å². The van der Waals surface area contributed by atoms with Gasteiger partial charge in [0.15, 0.2) is 5.60 Å². The van der Waals surface area contributed by atoms with Crippen molar-refractivity contribution in [1.82, 2.24) is 5.32 Å². The van der Waals surface area contributed by atoms with Crippen LogP contribution >= 0.6 is 11.3 Å². The lowest BCUT2D eigenvalue weighted by atomic mass is 10.0. The summed E-state index contributed by atoms with van der Waals surface area (Å²) in [4.78, 5) is 40.0. The summed E-state index contributed by atoms with van der Waals surface area (Å²) in [5.41, 5.74) is -0.193. The minimum absolute atomic E-state index is 0.112. The van der Waals surface area contributed by atoms with E-state index in [1.165, 1.54) is 16.2 Å². The number of amides is 2. The van der Waals surface area contributed by atoms with E-state index in [0.29, 0.717) is 28.4 Å². The summed E-state index contributed by atoms with van der Waals surface area (Å²) in [7, 11) is 0. The van der Waals surface area contributed by atoms with Crippen LogP contribution in [0.4, 0.5) is 5.69 Å². The number of carbonyl (C=O) groups excluding carboxylic acids is 3. The number of ether oxygens (including phenoxy) is 1. The molecule has 0 atom stereocenters. The molecule has 6 nitrogen and oxygen atoms in total. The number of nitrogens with zero attached hydrogens (tertiary/aromatic N) is 1. The van der Waals surface area contributed by atoms with E-state index in [1.54, 1.807) is 38.1 Å². The van der Waals surface area contributed by atoms with Gasteiger partial charge in [-0.05, 0) is 49.9 Å². The second kappa shape index (κ2) is 8.14. The van der Waals surface area contributed by atoms with E-state index in [9.17, 15) is 14.4 Å². The fourth-order valence-electron chi connectivity index (χ4n) is 3.02. The Balaban J connectivity index is 1.91. The molecule has 0 aliphatic carbocycles. The number of thiophene rings is 1. The van der Waals surface area contributed by atoms with Gasteiger partial charge in [0.1, 0.15) is 12.3 Å². The molecule has 0 unspecified atom stereocenters. The van der Waals surface area contributed by atoms with Gasteiger partial charge in [-0.15, -0.1) is 11.3 Å². The summed E-state index contributed by atoms with van der Waals surface area (Å²) in [5, 5.41) is 4.67. The maximum atomic E-state index is 12.9. The van der Waals surface area contributed by atoms with Gasteiger partial charge in [-0.1, -0.05) is 19.4 Å². The van der Waals surface area contributed by atoms with E-state index in [2.05, 4.69) is 5.32 Å². The molecule has 1 N–H and O–H groups in total. The quantitative estimate of drug-likeness (QED) is 0.571. The predicted molar refractivity (Wildman–Crippen MR) is 109 cm³/mol. The summed E-state index contributed by atoms with van der Waals surface area (Å²) < 4.78 is 5.84. The molecule has 1 aromatic carbocycles.